The standard InChI is InChI=1S/C23H36O4/c1-3-4-5-6-7-9-17(24)12-13-20-21(25)15-14-19-18(16(2)23(19)20)10-8-11-22(26)27/h10,16-17,19-21,23-25H,3-9,11,14-15H2,1-2H3,(H,26,27)/t16?,17?,19-,20+,21-,23+/m0/s1. The number of unbranched alkanes of at least 4 members (excludes halogenated alkanes) is 4. The highest BCUT2D eigenvalue weighted by Crippen LogP contribution is 2.55. The number of hydrogen-bond acceptors (Lipinski definition) is 3. The zero-order chi connectivity index (χ0) is 19.8. The van der Waals surface area contributed by atoms with Crippen molar-refractivity contribution in [1.82, 2.24) is 0 Å². The number of hydrogen-bond donors (Lipinski definition) is 3. The molecule has 4 heteroatoms. The van der Waals surface area contributed by atoms with Gasteiger partial charge in [0.15, 0.2) is 0 Å². The van der Waals surface area contributed by atoms with Crippen LogP contribution in [0.3, 0.4) is 0 Å². The maximum atomic E-state index is 10.7. The van der Waals surface area contributed by atoms with Gasteiger partial charge in [-0.3, -0.25) is 4.79 Å². The Morgan fingerprint density at radius 3 is 2.70 bits per heavy atom. The molecule has 0 aliphatic heterocycles. The lowest BCUT2D eigenvalue weighted by Crippen LogP contribution is -2.50. The van der Waals surface area contributed by atoms with Crippen molar-refractivity contribution in [3.05, 3.63) is 11.6 Å². The van der Waals surface area contributed by atoms with Crippen LogP contribution in [0.1, 0.15) is 78.1 Å². The normalized spacial score (nSPS) is 32.1. The van der Waals surface area contributed by atoms with Crippen LogP contribution in [-0.2, 0) is 4.79 Å². The molecule has 0 radical (unpaired) electrons. The Morgan fingerprint density at radius 1 is 1.26 bits per heavy atom. The molecule has 2 saturated carbocycles. The molecule has 2 rings (SSSR count). The molecule has 0 aromatic rings. The van der Waals surface area contributed by atoms with Crippen molar-refractivity contribution in [1.29, 1.82) is 0 Å². The van der Waals surface area contributed by atoms with Gasteiger partial charge in [0, 0.05) is 6.42 Å². The summed E-state index contributed by atoms with van der Waals surface area (Å²) in [5.74, 6) is 6.45. The molecule has 3 N–H and O–H groups in total. The number of carboxylic acids is 1. The summed E-state index contributed by atoms with van der Waals surface area (Å²) in [6.07, 6.45) is 10.1. The lowest BCUT2D eigenvalue weighted by atomic mass is 9.51. The maximum absolute atomic E-state index is 10.7. The van der Waals surface area contributed by atoms with E-state index in [1.54, 1.807) is 0 Å². The van der Waals surface area contributed by atoms with Gasteiger partial charge in [-0.15, -0.1) is 0 Å². The fourth-order valence-corrected chi connectivity index (χ4v) is 4.82. The number of carboxylic acid groups (broad SMARTS) is 1. The molecule has 0 amide bonds. The van der Waals surface area contributed by atoms with E-state index in [0.29, 0.717) is 30.6 Å². The second kappa shape index (κ2) is 10.9. The Kier molecular flexibility index (Phi) is 8.86. The van der Waals surface area contributed by atoms with E-state index < -0.39 is 18.2 Å². The third-order valence-corrected chi connectivity index (χ3v) is 6.33. The summed E-state index contributed by atoms with van der Waals surface area (Å²) in [6, 6.07) is 0. The number of carbonyl (C=O) groups is 1. The average molecular weight is 377 g/mol. The van der Waals surface area contributed by atoms with E-state index in [0.717, 1.165) is 25.7 Å². The highest BCUT2D eigenvalue weighted by molar-refractivity contribution is 5.66. The molecule has 0 saturated heterocycles. The molecule has 0 aromatic heterocycles. The first kappa shape index (κ1) is 22.0. The molecular formula is C23H36O4. The van der Waals surface area contributed by atoms with Crippen LogP contribution in [0.2, 0.25) is 0 Å². The highest BCUT2D eigenvalue weighted by atomic mass is 16.4. The van der Waals surface area contributed by atoms with Crippen LogP contribution < -0.4 is 0 Å². The second-order valence-electron chi connectivity index (χ2n) is 8.29. The van der Waals surface area contributed by atoms with Crippen molar-refractivity contribution in [3.63, 3.8) is 0 Å². The van der Waals surface area contributed by atoms with Crippen molar-refractivity contribution in [2.24, 2.45) is 23.7 Å². The number of aliphatic carboxylic acids is 1. The lowest BCUT2D eigenvalue weighted by molar-refractivity contribution is -0.136. The predicted octanol–water partition coefficient (Wildman–Crippen LogP) is 4.16. The Hall–Kier alpha value is -1.31. The van der Waals surface area contributed by atoms with Gasteiger partial charge in [0.05, 0.1) is 12.0 Å². The quantitative estimate of drug-likeness (QED) is 0.321. The van der Waals surface area contributed by atoms with Crippen LogP contribution in [0.15, 0.2) is 11.6 Å². The van der Waals surface area contributed by atoms with Crippen LogP contribution in [-0.4, -0.2) is 33.5 Å². The minimum Gasteiger partial charge on any atom is -0.481 e. The monoisotopic (exact) mass is 376 g/mol. The first-order valence-corrected chi connectivity index (χ1v) is 10.7. The van der Waals surface area contributed by atoms with Gasteiger partial charge in [0.1, 0.15) is 6.10 Å². The molecule has 2 aliphatic carbocycles. The summed E-state index contributed by atoms with van der Waals surface area (Å²) in [7, 11) is 0. The van der Waals surface area contributed by atoms with Crippen LogP contribution in [0.5, 0.6) is 0 Å². The van der Waals surface area contributed by atoms with E-state index in [2.05, 4.69) is 31.8 Å². The van der Waals surface area contributed by atoms with Gasteiger partial charge in [-0.25, -0.2) is 0 Å². The number of aliphatic hydroxyl groups excluding tert-OH is 2. The Balaban J connectivity index is 1.89. The molecule has 6 atom stereocenters. The van der Waals surface area contributed by atoms with Crippen molar-refractivity contribution in [2.75, 3.05) is 0 Å². The summed E-state index contributed by atoms with van der Waals surface area (Å²) in [6.45, 7) is 4.35. The molecule has 2 fully saturated rings. The fourth-order valence-electron chi connectivity index (χ4n) is 4.82. The van der Waals surface area contributed by atoms with Crippen molar-refractivity contribution in [2.45, 2.75) is 90.3 Å². The third-order valence-electron chi connectivity index (χ3n) is 6.33. The van der Waals surface area contributed by atoms with Gasteiger partial charge in [-0.2, -0.15) is 0 Å². The molecule has 0 aromatic carbocycles. The minimum atomic E-state index is -0.762. The Bertz CT molecular complexity index is 571. The zero-order valence-electron chi connectivity index (χ0n) is 16.9. The van der Waals surface area contributed by atoms with E-state index >= 15 is 0 Å². The van der Waals surface area contributed by atoms with Crippen molar-refractivity contribution >= 4 is 5.97 Å². The van der Waals surface area contributed by atoms with Gasteiger partial charge >= 0.3 is 5.97 Å². The first-order valence-electron chi connectivity index (χ1n) is 10.7. The summed E-state index contributed by atoms with van der Waals surface area (Å²) < 4.78 is 0. The lowest BCUT2D eigenvalue weighted by Gasteiger charge is -2.53. The summed E-state index contributed by atoms with van der Waals surface area (Å²) in [4.78, 5) is 10.7. The highest BCUT2D eigenvalue weighted by Gasteiger charge is 2.50. The van der Waals surface area contributed by atoms with Crippen LogP contribution in [0.4, 0.5) is 0 Å². The molecule has 0 spiro atoms. The maximum Gasteiger partial charge on any atom is 0.303 e. The van der Waals surface area contributed by atoms with Crippen LogP contribution in [0, 0.1) is 35.5 Å². The van der Waals surface area contributed by atoms with E-state index in [4.69, 9.17) is 5.11 Å². The van der Waals surface area contributed by atoms with Gasteiger partial charge in [-0.1, -0.05) is 63.0 Å². The second-order valence-corrected chi connectivity index (χ2v) is 8.29. The molecule has 4 nitrogen and oxygen atoms in total. The summed E-state index contributed by atoms with van der Waals surface area (Å²) in [5.41, 5.74) is 1.34. The summed E-state index contributed by atoms with van der Waals surface area (Å²) in [5, 5.41) is 29.4. The minimum absolute atomic E-state index is 0.0786. The number of allylic oxidation sites excluding steroid dienone is 2. The Labute approximate surface area is 164 Å². The van der Waals surface area contributed by atoms with Crippen LogP contribution >= 0.6 is 0 Å². The molecule has 0 heterocycles. The van der Waals surface area contributed by atoms with E-state index in [1.807, 2.05) is 0 Å². The fraction of sp³-hybridized carbons (Fsp3) is 0.783. The smallest absolute Gasteiger partial charge is 0.303 e. The van der Waals surface area contributed by atoms with Gasteiger partial charge in [0.2, 0.25) is 0 Å². The summed E-state index contributed by atoms with van der Waals surface area (Å²) >= 11 is 0. The SMILES string of the molecule is CCCCCCCC(O)C#C[C@H]1[C@@H]2C(C)C(=CCCC(=O)O)[C@@H]2CC[C@@H]1O. The molecule has 27 heavy (non-hydrogen) atoms. The van der Waals surface area contributed by atoms with E-state index in [-0.39, 0.29) is 12.3 Å². The van der Waals surface area contributed by atoms with Crippen molar-refractivity contribution < 1.29 is 20.1 Å². The largest absolute Gasteiger partial charge is 0.481 e. The zero-order valence-corrected chi connectivity index (χ0v) is 16.9. The first-order chi connectivity index (χ1) is 13.0. The van der Waals surface area contributed by atoms with Gasteiger partial charge in [-0.05, 0) is 49.9 Å². The average Bonchev–Trinajstić information content (AvgIpc) is 2.63. The molecular weight excluding hydrogens is 340 g/mol. The van der Waals surface area contributed by atoms with Crippen LogP contribution in [0.25, 0.3) is 0 Å². The third kappa shape index (κ3) is 6.09. The van der Waals surface area contributed by atoms with Gasteiger partial charge in [0.25, 0.3) is 0 Å². The molecule has 152 valence electrons. The number of rotatable bonds is 9. The predicted molar refractivity (Wildman–Crippen MR) is 107 cm³/mol. The van der Waals surface area contributed by atoms with Gasteiger partial charge < -0.3 is 15.3 Å². The van der Waals surface area contributed by atoms with Crippen molar-refractivity contribution in [3.8, 4) is 11.8 Å². The number of fused-ring (bicyclic) bond motifs is 1. The molecule has 2 aliphatic rings. The Morgan fingerprint density at radius 2 is 2.00 bits per heavy atom. The molecule has 2 unspecified atom stereocenters. The van der Waals surface area contributed by atoms with E-state index in [9.17, 15) is 15.0 Å². The topological polar surface area (TPSA) is 77.8 Å². The van der Waals surface area contributed by atoms with E-state index in [1.165, 1.54) is 24.8 Å². The number of aliphatic hydroxyl groups is 2. The molecule has 0 bridgehead atoms.